The highest BCUT2D eigenvalue weighted by Crippen LogP contribution is 2.26. The molecular formula is C17H35NO2. The van der Waals surface area contributed by atoms with E-state index in [2.05, 4.69) is 33.0 Å². The van der Waals surface area contributed by atoms with Crippen molar-refractivity contribution in [3.05, 3.63) is 0 Å². The van der Waals surface area contributed by atoms with Crippen molar-refractivity contribution in [1.82, 2.24) is 5.32 Å². The van der Waals surface area contributed by atoms with Gasteiger partial charge in [-0.05, 0) is 52.5 Å². The van der Waals surface area contributed by atoms with Crippen molar-refractivity contribution in [2.24, 2.45) is 5.92 Å². The van der Waals surface area contributed by atoms with E-state index in [9.17, 15) is 0 Å². The minimum absolute atomic E-state index is 0.0629. The van der Waals surface area contributed by atoms with Crippen LogP contribution >= 0.6 is 0 Å². The van der Waals surface area contributed by atoms with Gasteiger partial charge in [-0.2, -0.15) is 0 Å². The van der Waals surface area contributed by atoms with Gasteiger partial charge in [-0.25, -0.2) is 0 Å². The van der Waals surface area contributed by atoms with Crippen molar-refractivity contribution in [1.29, 1.82) is 0 Å². The molecule has 3 nitrogen and oxygen atoms in total. The van der Waals surface area contributed by atoms with Crippen molar-refractivity contribution >= 4 is 0 Å². The second-order valence-corrected chi connectivity index (χ2v) is 6.99. The van der Waals surface area contributed by atoms with Gasteiger partial charge in [0.15, 0.2) is 0 Å². The monoisotopic (exact) mass is 285 g/mol. The zero-order valence-corrected chi connectivity index (χ0v) is 14.0. The van der Waals surface area contributed by atoms with Crippen molar-refractivity contribution in [3.8, 4) is 0 Å². The van der Waals surface area contributed by atoms with Crippen molar-refractivity contribution in [3.63, 3.8) is 0 Å². The second kappa shape index (κ2) is 9.75. The van der Waals surface area contributed by atoms with Crippen LogP contribution in [0.1, 0.15) is 66.2 Å². The van der Waals surface area contributed by atoms with E-state index in [1.54, 1.807) is 0 Å². The molecule has 0 aliphatic heterocycles. The largest absolute Gasteiger partial charge is 0.377 e. The summed E-state index contributed by atoms with van der Waals surface area (Å²) in [6.07, 6.45) is 8.12. The predicted molar refractivity (Wildman–Crippen MR) is 85.2 cm³/mol. The molecule has 0 aromatic heterocycles. The summed E-state index contributed by atoms with van der Waals surface area (Å²) >= 11 is 0. The Morgan fingerprint density at radius 1 is 1.10 bits per heavy atom. The Bertz CT molecular complexity index is 232. The third kappa shape index (κ3) is 8.23. The Hall–Kier alpha value is -0.120. The molecular weight excluding hydrogens is 250 g/mol. The summed E-state index contributed by atoms with van der Waals surface area (Å²) in [6.45, 7) is 11.8. The fraction of sp³-hybridized carbons (Fsp3) is 1.00. The van der Waals surface area contributed by atoms with Gasteiger partial charge in [0.05, 0.1) is 25.4 Å². The number of rotatable bonds is 9. The molecule has 0 saturated heterocycles. The van der Waals surface area contributed by atoms with Gasteiger partial charge in [-0.1, -0.05) is 26.2 Å². The van der Waals surface area contributed by atoms with Crippen LogP contribution in [0.15, 0.2) is 0 Å². The van der Waals surface area contributed by atoms with Crippen molar-refractivity contribution in [2.75, 3.05) is 26.4 Å². The number of hydrogen-bond donors (Lipinski definition) is 1. The van der Waals surface area contributed by atoms with Gasteiger partial charge in [0, 0.05) is 6.04 Å². The average molecular weight is 285 g/mol. The molecule has 0 aromatic carbocycles. The maximum absolute atomic E-state index is 5.85. The summed E-state index contributed by atoms with van der Waals surface area (Å²) in [5.74, 6) is 0.804. The van der Waals surface area contributed by atoms with Gasteiger partial charge in [0.2, 0.25) is 0 Å². The molecule has 1 aliphatic rings. The fourth-order valence-corrected chi connectivity index (χ4v) is 2.85. The molecule has 120 valence electrons. The minimum Gasteiger partial charge on any atom is -0.377 e. The van der Waals surface area contributed by atoms with Crippen molar-refractivity contribution < 1.29 is 9.47 Å². The summed E-state index contributed by atoms with van der Waals surface area (Å²) in [4.78, 5) is 0. The van der Waals surface area contributed by atoms with E-state index in [-0.39, 0.29) is 5.60 Å². The summed E-state index contributed by atoms with van der Waals surface area (Å²) in [6, 6.07) is 0.532. The van der Waals surface area contributed by atoms with Gasteiger partial charge in [-0.3, -0.25) is 0 Å². The maximum atomic E-state index is 5.85. The Balaban J connectivity index is 2.22. The molecule has 1 atom stereocenters. The Kier molecular flexibility index (Phi) is 8.74. The Morgan fingerprint density at radius 2 is 1.80 bits per heavy atom. The molecule has 1 saturated carbocycles. The highest BCUT2D eigenvalue weighted by molar-refractivity contribution is 4.79. The lowest BCUT2D eigenvalue weighted by Crippen LogP contribution is -2.41. The Morgan fingerprint density at radius 3 is 2.40 bits per heavy atom. The van der Waals surface area contributed by atoms with E-state index < -0.39 is 0 Å². The number of hydrogen-bond acceptors (Lipinski definition) is 3. The lowest BCUT2D eigenvalue weighted by atomic mass is 9.84. The lowest BCUT2D eigenvalue weighted by Gasteiger charge is -2.31. The van der Waals surface area contributed by atoms with Crippen LogP contribution < -0.4 is 5.32 Å². The molecule has 0 heterocycles. The molecule has 1 fully saturated rings. The molecule has 0 bridgehead atoms. The van der Waals surface area contributed by atoms with Crippen LogP contribution in [-0.2, 0) is 9.47 Å². The van der Waals surface area contributed by atoms with E-state index in [1.807, 2.05) is 0 Å². The topological polar surface area (TPSA) is 30.5 Å². The highest BCUT2D eigenvalue weighted by Gasteiger charge is 2.23. The molecule has 3 heteroatoms. The van der Waals surface area contributed by atoms with Gasteiger partial charge >= 0.3 is 0 Å². The van der Waals surface area contributed by atoms with Gasteiger partial charge in [-0.15, -0.1) is 0 Å². The summed E-state index contributed by atoms with van der Waals surface area (Å²) < 4.78 is 11.5. The molecule has 1 aliphatic carbocycles. The molecule has 0 amide bonds. The van der Waals surface area contributed by atoms with E-state index in [0.717, 1.165) is 19.1 Å². The fourth-order valence-electron chi connectivity index (χ4n) is 2.85. The summed E-state index contributed by atoms with van der Waals surface area (Å²) in [7, 11) is 0. The highest BCUT2D eigenvalue weighted by atomic mass is 16.5. The summed E-state index contributed by atoms with van der Waals surface area (Å²) in [5.41, 5.74) is -0.0629. The summed E-state index contributed by atoms with van der Waals surface area (Å²) in [5, 5.41) is 3.68. The molecule has 1 unspecified atom stereocenters. The first kappa shape index (κ1) is 17.9. The van der Waals surface area contributed by atoms with E-state index in [0.29, 0.717) is 19.3 Å². The van der Waals surface area contributed by atoms with Crippen LogP contribution in [0, 0.1) is 5.92 Å². The lowest BCUT2D eigenvalue weighted by molar-refractivity contribution is -0.0397. The molecule has 0 radical (unpaired) electrons. The zero-order chi connectivity index (χ0) is 14.8. The van der Waals surface area contributed by atoms with Crippen LogP contribution in [0.3, 0.4) is 0 Å². The van der Waals surface area contributed by atoms with E-state index >= 15 is 0 Å². The molecule has 1 N–H and O–H groups in total. The van der Waals surface area contributed by atoms with Gasteiger partial charge in [0.1, 0.15) is 0 Å². The van der Waals surface area contributed by atoms with E-state index in [1.165, 1.54) is 38.5 Å². The molecule has 1 rings (SSSR count). The number of ether oxygens (including phenoxy) is 2. The van der Waals surface area contributed by atoms with Gasteiger partial charge in [0.25, 0.3) is 0 Å². The van der Waals surface area contributed by atoms with Crippen LogP contribution in [0.5, 0.6) is 0 Å². The van der Waals surface area contributed by atoms with Gasteiger partial charge < -0.3 is 14.8 Å². The first-order valence-electron chi connectivity index (χ1n) is 8.48. The number of nitrogens with one attached hydrogen (secondary N) is 1. The molecule has 20 heavy (non-hydrogen) atoms. The van der Waals surface area contributed by atoms with Crippen LogP contribution in [0.25, 0.3) is 0 Å². The maximum Gasteiger partial charge on any atom is 0.0707 e. The second-order valence-electron chi connectivity index (χ2n) is 6.99. The third-order valence-electron chi connectivity index (χ3n) is 3.94. The Labute approximate surface area is 125 Å². The quantitative estimate of drug-likeness (QED) is 0.654. The van der Waals surface area contributed by atoms with Crippen LogP contribution in [0.4, 0.5) is 0 Å². The third-order valence-corrected chi connectivity index (χ3v) is 3.94. The molecule has 0 aromatic rings. The minimum atomic E-state index is -0.0629. The van der Waals surface area contributed by atoms with Crippen LogP contribution in [-0.4, -0.2) is 38.0 Å². The zero-order valence-electron chi connectivity index (χ0n) is 14.0. The first-order chi connectivity index (χ1) is 9.53. The normalized spacial score (nSPS) is 19.2. The SMILES string of the molecule is CCCNC(COCCOC(C)(C)C)C1CCCCC1. The van der Waals surface area contributed by atoms with E-state index in [4.69, 9.17) is 9.47 Å². The standard InChI is InChI=1S/C17H35NO2/c1-5-11-18-16(15-9-7-6-8-10-15)14-19-12-13-20-17(2,3)4/h15-16,18H,5-14H2,1-4H3. The van der Waals surface area contributed by atoms with Crippen molar-refractivity contribution in [2.45, 2.75) is 77.9 Å². The van der Waals surface area contributed by atoms with Crippen LogP contribution in [0.2, 0.25) is 0 Å². The first-order valence-corrected chi connectivity index (χ1v) is 8.48. The smallest absolute Gasteiger partial charge is 0.0707 e. The molecule has 0 spiro atoms. The average Bonchev–Trinajstić information content (AvgIpc) is 2.41. The predicted octanol–water partition coefficient (Wildman–Crippen LogP) is 3.77.